The van der Waals surface area contributed by atoms with Crippen LogP contribution < -0.4 is 14.8 Å². The maximum atomic E-state index is 12.7. The van der Waals surface area contributed by atoms with Crippen LogP contribution in [-0.4, -0.2) is 73.0 Å². The van der Waals surface area contributed by atoms with Crippen LogP contribution in [0.15, 0.2) is 18.2 Å². The molecule has 3 heterocycles. The first kappa shape index (κ1) is 19.5. The minimum absolute atomic E-state index is 0.0111. The van der Waals surface area contributed by atoms with Crippen molar-refractivity contribution in [1.82, 2.24) is 15.1 Å². The number of amides is 3. The molecule has 0 bridgehead atoms. The first-order valence-corrected chi connectivity index (χ1v) is 10.2. The molecular weight excluding hydrogens is 374 g/mol. The van der Waals surface area contributed by atoms with E-state index in [0.29, 0.717) is 43.0 Å². The predicted octanol–water partition coefficient (Wildman–Crippen LogP) is 1.19. The monoisotopic (exact) mass is 401 g/mol. The summed E-state index contributed by atoms with van der Waals surface area (Å²) in [4.78, 5) is 41.1. The molecule has 1 aromatic rings. The van der Waals surface area contributed by atoms with Gasteiger partial charge in [-0.25, -0.2) is 0 Å². The third kappa shape index (κ3) is 4.02. The highest BCUT2D eigenvalue weighted by Crippen LogP contribution is 2.35. The molecule has 1 unspecified atom stereocenters. The summed E-state index contributed by atoms with van der Waals surface area (Å²) in [5.74, 6) is 0.845. The van der Waals surface area contributed by atoms with E-state index in [4.69, 9.17) is 9.47 Å². The van der Waals surface area contributed by atoms with Crippen LogP contribution in [0.1, 0.15) is 42.5 Å². The van der Waals surface area contributed by atoms with Crippen LogP contribution in [0.4, 0.5) is 0 Å². The zero-order valence-electron chi connectivity index (χ0n) is 16.7. The van der Waals surface area contributed by atoms with E-state index in [9.17, 15) is 14.4 Å². The lowest BCUT2D eigenvalue weighted by Gasteiger charge is -2.32. The first-order chi connectivity index (χ1) is 14.0. The van der Waals surface area contributed by atoms with Crippen molar-refractivity contribution in [2.45, 2.75) is 37.7 Å². The molecule has 0 aromatic heterocycles. The molecule has 156 valence electrons. The van der Waals surface area contributed by atoms with Gasteiger partial charge in [-0.1, -0.05) is 0 Å². The van der Waals surface area contributed by atoms with E-state index < -0.39 is 5.60 Å². The number of ether oxygens (including phenoxy) is 2. The molecule has 3 aliphatic heterocycles. The number of nitrogens with one attached hydrogen (secondary N) is 1. The van der Waals surface area contributed by atoms with Crippen LogP contribution in [0.25, 0.3) is 0 Å². The molecule has 2 fully saturated rings. The molecule has 0 saturated carbocycles. The molecule has 29 heavy (non-hydrogen) atoms. The van der Waals surface area contributed by atoms with Gasteiger partial charge in [0.05, 0.1) is 25.8 Å². The number of rotatable bonds is 3. The summed E-state index contributed by atoms with van der Waals surface area (Å²) in [6.45, 7) is 2.42. The molecule has 1 spiro atoms. The number of hydrogen-bond donors (Lipinski definition) is 1. The Bertz CT molecular complexity index is 821. The number of carbonyl (C=O) groups is 3. The Morgan fingerprint density at radius 3 is 2.76 bits per heavy atom. The van der Waals surface area contributed by atoms with Crippen molar-refractivity contribution in [3.63, 3.8) is 0 Å². The average Bonchev–Trinajstić information content (AvgIpc) is 3.18. The molecule has 2 saturated heterocycles. The number of methoxy groups -OCH3 is 1. The van der Waals surface area contributed by atoms with Crippen LogP contribution in [0, 0.1) is 0 Å². The third-order valence-electron chi connectivity index (χ3n) is 6.10. The van der Waals surface area contributed by atoms with Crippen molar-refractivity contribution >= 4 is 17.7 Å². The molecule has 3 amide bonds. The topological polar surface area (TPSA) is 88.2 Å². The van der Waals surface area contributed by atoms with Crippen LogP contribution >= 0.6 is 0 Å². The van der Waals surface area contributed by atoms with Crippen LogP contribution in [-0.2, 0) is 9.59 Å². The maximum absolute atomic E-state index is 12.7. The fourth-order valence-electron chi connectivity index (χ4n) is 4.26. The number of benzene rings is 1. The Morgan fingerprint density at radius 2 is 2.00 bits per heavy atom. The summed E-state index contributed by atoms with van der Waals surface area (Å²) in [7, 11) is 1.56. The van der Waals surface area contributed by atoms with Crippen molar-refractivity contribution in [2.24, 2.45) is 0 Å². The van der Waals surface area contributed by atoms with Gasteiger partial charge in [0.15, 0.2) is 0 Å². The molecular formula is C21H27N3O5. The Labute approximate surface area is 170 Å². The van der Waals surface area contributed by atoms with Gasteiger partial charge in [0, 0.05) is 38.5 Å². The predicted molar refractivity (Wildman–Crippen MR) is 105 cm³/mol. The Kier molecular flexibility index (Phi) is 5.34. The summed E-state index contributed by atoms with van der Waals surface area (Å²) >= 11 is 0. The molecule has 8 heteroatoms. The highest BCUT2D eigenvalue weighted by molar-refractivity contribution is 5.97. The summed E-state index contributed by atoms with van der Waals surface area (Å²) in [6, 6.07) is 5.12. The minimum atomic E-state index is -0.686. The summed E-state index contributed by atoms with van der Waals surface area (Å²) < 4.78 is 11.6. The summed E-state index contributed by atoms with van der Waals surface area (Å²) in [5, 5.41) is 2.93. The van der Waals surface area contributed by atoms with Crippen molar-refractivity contribution in [2.75, 3.05) is 39.8 Å². The normalized spacial score (nSPS) is 24.4. The second kappa shape index (κ2) is 7.93. The highest BCUT2D eigenvalue weighted by atomic mass is 16.5. The zero-order valence-corrected chi connectivity index (χ0v) is 16.7. The lowest BCUT2D eigenvalue weighted by atomic mass is 9.94. The quantitative estimate of drug-likeness (QED) is 0.822. The Morgan fingerprint density at radius 1 is 1.21 bits per heavy atom. The second-order valence-corrected chi connectivity index (χ2v) is 7.98. The molecule has 1 aromatic carbocycles. The van der Waals surface area contributed by atoms with Gasteiger partial charge in [0.2, 0.25) is 11.8 Å². The third-order valence-corrected chi connectivity index (χ3v) is 6.10. The van der Waals surface area contributed by atoms with Gasteiger partial charge in [-0.3, -0.25) is 14.4 Å². The molecule has 3 aliphatic rings. The summed E-state index contributed by atoms with van der Waals surface area (Å²) in [6.07, 6.45) is 3.36. The maximum Gasteiger partial charge on any atom is 0.255 e. The van der Waals surface area contributed by atoms with Gasteiger partial charge in [-0.2, -0.15) is 0 Å². The van der Waals surface area contributed by atoms with Crippen molar-refractivity contribution in [1.29, 1.82) is 0 Å². The van der Waals surface area contributed by atoms with E-state index in [1.165, 1.54) is 0 Å². The Balaban J connectivity index is 1.50. The van der Waals surface area contributed by atoms with Gasteiger partial charge >= 0.3 is 0 Å². The smallest absolute Gasteiger partial charge is 0.255 e. The van der Waals surface area contributed by atoms with Gasteiger partial charge in [0.1, 0.15) is 17.1 Å². The van der Waals surface area contributed by atoms with Crippen molar-refractivity contribution < 1.29 is 23.9 Å². The molecule has 8 nitrogen and oxygen atoms in total. The number of likely N-dealkylation sites (tertiary alicyclic amines) is 2. The average molecular weight is 401 g/mol. The van der Waals surface area contributed by atoms with Gasteiger partial charge < -0.3 is 24.6 Å². The fourth-order valence-corrected chi connectivity index (χ4v) is 4.26. The van der Waals surface area contributed by atoms with Gasteiger partial charge in [-0.15, -0.1) is 0 Å². The number of fused-ring (bicyclic) bond motifs is 1. The van der Waals surface area contributed by atoms with Crippen molar-refractivity contribution in [3.05, 3.63) is 23.8 Å². The second-order valence-electron chi connectivity index (χ2n) is 7.98. The lowest BCUT2D eigenvalue weighted by Crippen LogP contribution is -2.46. The van der Waals surface area contributed by atoms with Crippen LogP contribution in [0.2, 0.25) is 0 Å². The highest BCUT2D eigenvalue weighted by Gasteiger charge is 2.41. The van der Waals surface area contributed by atoms with E-state index in [2.05, 4.69) is 5.32 Å². The number of hydrogen-bond acceptors (Lipinski definition) is 5. The van der Waals surface area contributed by atoms with Crippen LogP contribution in [0.3, 0.4) is 0 Å². The molecule has 0 radical (unpaired) electrons. The van der Waals surface area contributed by atoms with E-state index in [1.807, 2.05) is 4.90 Å². The Hall–Kier alpha value is -2.77. The van der Waals surface area contributed by atoms with Crippen molar-refractivity contribution in [3.8, 4) is 11.5 Å². The lowest BCUT2D eigenvalue weighted by molar-refractivity contribution is -0.139. The molecule has 4 rings (SSSR count). The zero-order chi connectivity index (χ0) is 20.4. The largest absolute Gasteiger partial charge is 0.497 e. The molecule has 1 N–H and O–H groups in total. The van der Waals surface area contributed by atoms with Gasteiger partial charge in [0.25, 0.3) is 5.91 Å². The van der Waals surface area contributed by atoms with Crippen LogP contribution in [0.5, 0.6) is 11.5 Å². The summed E-state index contributed by atoms with van der Waals surface area (Å²) in [5.41, 5.74) is -0.228. The molecule has 0 aliphatic carbocycles. The minimum Gasteiger partial charge on any atom is -0.497 e. The van der Waals surface area contributed by atoms with E-state index >= 15 is 0 Å². The standard InChI is InChI=1S/C21H27N3O5/c1-28-15-4-5-16-17(12-15)29-21(14-22-20(16)27)7-6-18(25)24(11-8-21)13-19(26)23-9-2-3-10-23/h4-5,12H,2-3,6-11,13-14H2,1H3,(H,22,27). The number of carbonyl (C=O) groups excluding carboxylic acids is 3. The van der Waals surface area contributed by atoms with E-state index in [1.54, 1.807) is 30.2 Å². The molecule has 1 atom stereocenters. The SMILES string of the molecule is COc1ccc2c(c1)OC1(CCC(=O)N(CC(=O)N3CCCC3)CC1)CNC2=O. The van der Waals surface area contributed by atoms with Gasteiger partial charge in [-0.05, 0) is 31.4 Å². The first-order valence-electron chi connectivity index (χ1n) is 10.2. The van der Waals surface area contributed by atoms with E-state index in [-0.39, 0.29) is 30.7 Å². The fraction of sp³-hybridized carbons (Fsp3) is 0.571. The number of nitrogens with zero attached hydrogens (tertiary/aromatic N) is 2. The van der Waals surface area contributed by atoms with E-state index in [0.717, 1.165) is 25.9 Å².